The van der Waals surface area contributed by atoms with Gasteiger partial charge in [0.25, 0.3) is 0 Å². The largest absolute Gasteiger partial charge is 0.394 e. The van der Waals surface area contributed by atoms with Gasteiger partial charge in [-0.2, -0.15) is 0 Å². The summed E-state index contributed by atoms with van der Waals surface area (Å²) in [4.78, 5) is 0. The molecule has 0 radical (unpaired) electrons. The molecule has 16 heteroatoms. The van der Waals surface area contributed by atoms with E-state index in [1.54, 1.807) is 0 Å². The van der Waals surface area contributed by atoms with E-state index in [1.807, 2.05) is 0 Å². The van der Waals surface area contributed by atoms with Gasteiger partial charge in [0.1, 0.15) is 73.2 Å². The molecule has 200 valence electrons. The minimum absolute atomic E-state index is 0.762. The molecule has 11 N–H and O–H groups in total. The maximum Gasteiger partial charge on any atom is 0.187 e. The Hall–Kier alpha value is -0.640. The normalized spacial score (nSPS) is 52.5. The molecule has 16 nitrogen and oxygen atoms in total. The van der Waals surface area contributed by atoms with Gasteiger partial charge >= 0.3 is 0 Å². The van der Waals surface area contributed by atoms with Crippen LogP contribution in [0.25, 0.3) is 0 Å². The fourth-order valence-electron chi connectivity index (χ4n) is 4.03. The van der Waals surface area contributed by atoms with E-state index < -0.39 is 112 Å². The van der Waals surface area contributed by atoms with Gasteiger partial charge in [-0.3, -0.25) is 0 Å². The smallest absolute Gasteiger partial charge is 0.187 e. The standard InChI is InChI=1S/C18H32O16/c19-1-4-7(22)10(25)12(27)17(31-4)34-15-11(26)8(23)5(2-20)32-18(15)33-14-9(24)6(3-21)30-16(29)13(14)28/h4-29H,1-3H2/t4-,5-,6-,7-,8-,9+,10+,11+,12+,13-,14+,15+,16-,17-,18-/m1/s1. The minimum atomic E-state index is -1.89. The van der Waals surface area contributed by atoms with E-state index in [0.717, 1.165) is 0 Å². The predicted octanol–water partition coefficient (Wildman–Crippen LogP) is -7.57. The van der Waals surface area contributed by atoms with Crippen molar-refractivity contribution in [2.75, 3.05) is 19.8 Å². The molecular formula is C18H32O16. The Morgan fingerprint density at radius 1 is 0.441 bits per heavy atom. The average molecular weight is 504 g/mol. The van der Waals surface area contributed by atoms with Crippen LogP contribution in [0.2, 0.25) is 0 Å². The van der Waals surface area contributed by atoms with E-state index >= 15 is 0 Å². The van der Waals surface area contributed by atoms with Gasteiger partial charge in [-0.1, -0.05) is 0 Å². The highest BCUT2D eigenvalue weighted by Crippen LogP contribution is 2.32. The summed E-state index contributed by atoms with van der Waals surface area (Å²) in [5.41, 5.74) is 0. The molecule has 3 rings (SSSR count). The molecule has 15 atom stereocenters. The summed E-state index contributed by atoms with van der Waals surface area (Å²) in [5, 5.41) is 110. The highest BCUT2D eigenvalue weighted by atomic mass is 16.8. The van der Waals surface area contributed by atoms with Crippen LogP contribution in [-0.4, -0.2) is 168 Å². The van der Waals surface area contributed by atoms with E-state index in [1.165, 1.54) is 0 Å². The van der Waals surface area contributed by atoms with Gasteiger partial charge in [-0.05, 0) is 0 Å². The highest BCUT2D eigenvalue weighted by molar-refractivity contribution is 4.96. The van der Waals surface area contributed by atoms with Crippen molar-refractivity contribution in [3.05, 3.63) is 0 Å². The summed E-state index contributed by atoms with van der Waals surface area (Å²) < 4.78 is 26.5. The molecule has 3 aliphatic rings. The Labute approximate surface area is 192 Å². The molecule has 0 saturated carbocycles. The second-order valence-electron chi connectivity index (χ2n) is 8.33. The first-order chi connectivity index (χ1) is 16.0. The van der Waals surface area contributed by atoms with Gasteiger partial charge in [-0.15, -0.1) is 0 Å². The van der Waals surface area contributed by atoms with Crippen LogP contribution < -0.4 is 0 Å². The molecule has 3 heterocycles. The Morgan fingerprint density at radius 2 is 0.912 bits per heavy atom. The Kier molecular flexibility index (Phi) is 9.54. The molecule has 0 aliphatic carbocycles. The van der Waals surface area contributed by atoms with Crippen LogP contribution in [0.4, 0.5) is 0 Å². The Balaban J connectivity index is 1.84. The lowest BCUT2D eigenvalue weighted by Gasteiger charge is -2.48. The van der Waals surface area contributed by atoms with E-state index in [9.17, 15) is 56.2 Å². The second kappa shape index (κ2) is 11.6. The van der Waals surface area contributed by atoms with E-state index in [-0.39, 0.29) is 0 Å². The summed E-state index contributed by atoms with van der Waals surface area (Å²) in [7, 11) is 0. The Morgan fingerprint density at radius 3 is 1.47 bits per heavy atom. The van der Waals surface area contributed by atoms with Gasteiger partial charge in [0, 0.05) is 0 Å². The van der Waals surface area contributed by atoms with Gasteiger partial charge in [0.15, 0.2) is 18.9 Å². The monoisotopic (exact) mass is 504 g/mol. The van der Waals surface area contributed by atoms with Crippen molar-refractivity contribution < 1.29 is 79.9 Å². The van der Waals surface area contributed by atoms with Crippen LogP contribution >= 0.6 is 0 Å². The lowest BCUT2D eigenvalue weighted by atomic mass is 9.96. The molecule has 34 heavy (non-hydrogen) atoms. The van der Waals surface area contributed by atoms with Gasteiger partial charge in [0.2, 0.25) is 0 Å². The van der Waals surface area contributed by atoms with Crippen LogP contribution in [0.3, 0.4) is 0 Å². The van der Waals surface area contributed by atoms with E-state index in [0.29, 0.717) is 0 Å². The number of hydrogen-bond donors (Lipinski definition) is 11. The molecular weight excluding hydrogens is 472 g/mol. The van der Waals surface area contributed by atoms with Gasteiger partial charge in [-0.25, -0.2) is 0 Å². The summed E-state index contributed by atoms with van der Waals surface area (Å²) in [6.07, 6.45) is -25.7. The third-order valence-corrected chi connectivity index (χ3v) is 6.10. The Bertz CT molecular complexity index is 639. The molecule has 3 fully saturated rings. The zero-order chi connectivity index (χ0) is 25.3. The summed E-state index contributed by atoms with van der Waals surface area (Å²) in [5.74, 6) is 0. The first kappa shape index (κ1) is 27.9. The van der Waals surface area contributed by atoms with Crippen LogP contribution in [0, 0.1) is 0 Å². The minimum Gasteiger partial charge on any atom is -0.394 e. The number of aliphatic hydroxyl groups excluding tert-OH is 11. The van der Waals surface area contributed by atoms with Crippen molar-refractivity contribution >= 4 is 0 Å². The van der Waals surface area contributed by atoms with Crippen LogP contribution in [0.15, 0.2) is 0 Å². The molecule has 0 spiro atoms. The number of rotatable bonds is 7. The molecule has 3 saturated heterocycles. The zero-order valence-electron chi connectivity index (χ0n) is 17.7. The van der Waals surface area contributed by atoms with Gasteiger partial charge in [0.05, 0.1) is 19.8 Å². The summed E-state index contributed by atoms with van der Waals surface area (Å²) >= 11 is 0. The van der Waals surface area contributed by atoms with Crippen LogP contribution in [0.1, 0.15) is 0 Å². The van der Waals surface area contributed by atoms with Crippen LogP contribution in [0.5, 0.6) is 0 Å². The quantitative estimate of drug-likeness (QED) is 0.154. The fourth-order valence-corrected chi connectivity index (χ4v) is 4.03. The molecule has 0 amide bonds. The third-order valence-electron chi connectivity index (χ3n) is 6.10. The maximum atomic E-state index is 10.6. The number of ether oxygens (including phenoxy) is 5. The van der Waals surface area contributed by atoms with Crippen molar-refractivity contribution in [1.29, 1.82) is 0 Å². The van der Waals surface area contributed by atoms with Crippen molar-refractivity contribution in [2.45, 2.75) is 92.1 Å². The highest BCUT2D eigenvalue weighted by Gasteiger charge is 2.53. The molecule has 0 unspecified atom stereocenters. The van der Waals surface area contributed by atoms with Crippen molar-refractivity contribution in [3.8, 4) is 0 Å². The summed E-state index contributed by atoms with van der Waals surface area (Å²) in [6, 6.07) is 0. The van der Waals surface area contributed by atoms with Crippen molar-refractivity contribution in [2.24, 2.45) is 0 Å². The zero-order valence-corrected chi connectivity index (χ0v) is 17.7. The predicted molar refractivity (Wildman–Crippen MR) is 101 cm³/mol. The third kappa shape index (κ3) is 5.37. The van der Waals surface area contributed by atoms with Crippen molar-refractivity contribution in [1.82, 2.24) is 0 Å². The molecule has 3 aliphatic heterocycles. The first-order valence-electron chi connectivity index (χ1n) is 10.6. The average Bonchev–Trinajstić information content (AvgIpc) is 2.83. The maximum absolute atomic E-state index is 10.6. The molecule has 0 aromatic carbocycles. The number of hydrogen-bond acceptors (Lipinski definition) is 16. The lowest BCUT2D eigenvalue weighted by Crippen LogP contribution is -2.67. The van der Waals surface area contributed by atoms with E-state index in [2.05, 4.69) is 0 Å². The molecule has 0 aromatic heterocycles. The van der Waals surface area contributed by atoms with Gasteiger partial charge < -0.3 is 79.9 Å². The fraction of sp³-hybridized carbons (Fsp3) is 1.00. The van der Waals surface area contributed by atoms with E-state index in [4.69, 9.17) is 23.7 Å². The second-order valence-corrected chi connectivity index (χ2v) is 8.33. The lowest BCUT2D eigenvalue weighted by molar-refractivity contribution is -0.387. The summed E-state index contributed by atoms with van der Waals surface area (Å²) in [6.45, 7) is -2.34. The topological polar surface area (TPSA) is 269 Å². The first-order valence-corrected chi connectivity index (χ1v) is 10.6. The molecule has 0 bridgehead atoms. The SMILES string of the molecule is OC[C@H]1O[C@@H](O)[C@H](O)[C@@H](O[C@H]2O[C@H](CO)[C@@H](O)[C@H](O)[C@@H]2O[C@H]2O[C@H](CO)[C@@H](O)[C@H](O)[C@@H]2O)[C@H]1O. The van der Waals surface area contributed by atoms with Crippen LogP contribution in [-0.2, 0) is 23.7 Å². The number of aliphatic hydroxyl groups is 11. The van der Waals surface area contributed by atoms with Crippen molar-refractivity contribution in [3.63, 3.8) is 0 Å². The molecule has 0 aromatic rings.